The van der Waals surface area contributed by atoms with E-state index in [1.54, 1.807) is 19.4 Å². The molecular formula is C14H15N5O2. The van der Waals surface area contributed by atoms with E-state index >= 15 is 0 Å². The van der Waals surface area contributed by atoms with Crippen molar-refractivity contribution in [2.75, 3.05) is 0 Å². The molecule has 7 nitrogen and oxygen atoms in total. The van der Waals surface area contributed by atoms with E-state index in [4.69, 9.17) is 0 Å². The summed E-state index contributed by atoms with van der Waals surface area (Å²) in [6, 6.07) is 3.88. The highest BCUT2D eigenvalue weighted by atomic mass is 16.2. The summed E-state index contributed by atoms with van der Waals surface area (Å²) in [7, 11) is 3.07. The molecule has 0 aromatic carbocycles. The van der Waals surface area contributed by atoms with E-state index in [9.17, 15) is 9.59 Å². The molecule has 3 aromatic heterocycles. The summed E-state index contributed by atoms with van der Waals surface area (Å²) in [5.74, 6) is 0.695. The zero-order valence-corrected chi connectivity index (χ0v) is 11.8. The van der Waals surface area contributed by atoms with Crippen LogP contribution in [0.4, 0.5) is 0 Å². The van der Waals surface area contributed by atoms with Gasteiger partial charge in [-0.15, -0.1) is 0 Å². The number of hydrogen-bond acceptors (Lipinski definition) is 4. The summed E-state index contributed by atoms with van der Waals surface area (Å²) in [5, 5.41) is 0. The Labute approximate surface area is 119 Å². The molecule has 0 saturated carbocycles. The lowest BCUT2D eigenvalue weighted by Gasteiger charge is -2.00. The van der Waals surface area contributed by atoms with Crippen molar-refractivity contribution in [1.29, 1.82) is 0 Å². The Morgan fingerprint density at radius 3 is 2.52 bits per heavy atom. The van der Waals surface area contributed by atoms with Crippen molar-refractivity contribution in [1.82, 2.24) is 24.1 Å². The number of imidazole rings is 1. The molecule has 0 aliphatic carbocycles. The molecule has 0 bridgehead atoms. The van der Waals surface area contributed by atoms with Crippen LogP contribution in [0.2, 0.25) is 0 Å². The van der Waals surface area contributed by atoms with Crippen molar-refractivity contribution in [3.05, 3.63) is 56.8 Å². The fraction of sp³-hybridized carbons (Fsp3) is 0.286. The molecule has 0 radical (unpaired) electrons. The minimum absolute atomic E-state index is 0.351. The Hall–Kier alpha value is -2.70. The lowest BCUT2D eigenvalue weighted by atomic mass is 10.1. The monoisotopic (exact) mass is 285 g/mol. The summed E-state index contributed by atoms with van der Waals surface area (Å²) in [6.07, 6.45) is 4.94. The van der Waals surface area contributed by atoms with Crippen LogP contribution in [-0.2, 0) is 26.9 Å². The van der Waals surface area contributed by atoms with Gasteiger partial charge in [-0.25, -0.2) is 9.78 Å². The van der Waals surface area contributed by atoms with Crippen molar-refractivity contribution < 1.29 is 0 Å². The van der Waals surface area contributed by atoms with Crippen LogP contribution < -0.4 is 11.2 Å². The van der Waals surface area contributed by atoms with Crippen LogP contribution in [0, 0.1) is 0 Å². The molecule has 0 fully saturated rings. The molecule has 0 spiro atoms. The minimum atomic E-state index is -0.375. The number of fused-ring (bicyclic) bond motifs is 1. The molecule has 108 valence electrons. The topological polar surface area (TPSA) is 85.6 Å². The third-order valence-electron chi connectivity index (χ3n) is 3.54. The lowest BCUT2D eigenvalue weighted by Crippen LogP contribution is -2.36. The van der Waals surface area contributed by atoms with Gasteiger partial charge in [0.2, 0.25) is 0 Å². The molecule has 1 N–H and O–H groups in total. The Kier molecular flexibility index (Phi) is 3.17. The highest BCUT2D eigenvalue weighted by Crippen LogP contribution is 2.07. The maximum atomic E-state index is 12.1. The summed E-state index contributed by atoms with van der Waals surface area (Å²) >= 11 is 0. The van der Waals surface area contributed by atoms with E-state index in [0.29, 0.717) is 23.4 Å². The van der Waals surface area contributed by atoms with Crippen LogP contribution in [0.1, 0.15) is 11.4 Å². The largest absolute Gasteiger partial charge is 0.336 e. The summed E-state index contributed by atoms with van der Waals surface area (Å²) in [5.41, 5.74) is 1.18. The molecule has 7 heteroatoms. The zero-order chi connectivity index (χ0) is 15.0. The smallest absolute Gasteiger partial charge is 0.332 e. The van der Waals surface area contributed by atoms with Gasteiger partial charge in [0.1, 0.15) is 11.3 Å². The van der Waals surface area contributed by atoms with Gasteiger partial charge in [-0.1, -0.05) is 0 Å². The molecule has 3 heterocycles. The van der Waals surface area contributed by atoms with Crippen molar-refractivity contribution in [3.8, 4) is 0 Å². The molecule has 0 unspecified atom stereocenters. The van der Waals surface area contributed by atoms with Crippen LogP contribution >= 0.6 is 0 Å². The van der Waals surface area contributed by atoms with Gasteiger partial charge in [0.25, 0.3) is 5.56 Å². The van der Waals surface area contributed by atoms with Crippen LogP contribution in [-0.4, -0.2) is 24.1 Å². The lowest BCUT2D eigenvalue weighted by molar-refractivity contribution is 0.708. The molecular weight excluding hydrogens is 270 g/mol. The van der Waals surface area contributed by atoms with E-state index in [-0.39, 0.29) is 11.2 Å². The Morgan fingerprint density at radius 1 is 1.10 bits per heavy atom. The quantitative estimate of drug-likeness (QED) is 0.741. The Balaban J connectivity index is 1.99. The number of nitrogens with zero attached hydrogens (tertiary/aromatic N) is 4. The minimum Gasteiger partial charge on any atom is -0.336 e. The highest BCUT2D eigenvalue weighted by molar-refractivity contribution is 5.69. The van der Waals surface area contributed by atoms with Crippen LogP contribution in [0.25, 0.3) is 11.2 Å². The number of hydrogen-bond donors (Lipinski definition) is 1. The SMILES string of the molecule is Cn1c(=O)c2[nH]c(CCc3ccncc3)nc2n(C)c1=O. The number of aryl methyl sites for hydroxylation is 3. The van der Waals surface area contributed by atoms with E-state index < -0.39 is 0 Å². The fourth-order valence-corrected chi connectivity index (χ4v) is 2.30. The van der Waals surface area contributed by atoms with E-state index in [1.165, 1.54) is 11.6 Å². The first-order chi connectivity index (χ1) is 10.1. The van der Waals surface area contributed by atoms with Crippen molar-refractivity contribution in [2.45, 2.75) is 12.8 Å². The third-order valence-corrected chi connectivity index (χ3v) is 3.54. The highest BCUT2D eigenvalue weighted by Gasteiger charge is 2.13. The van der Waals surface area contributed by atoms with Gasteiger partial charge in [0.15, 0.2) is 5.65 Å². The van der Waals surface area contributed by atoms with E-state index in [2.05, 4.69) is 15.0 Å². The summed E-state index contributed by atoms with van der Waals surface area (Å²) in [4.78, 5) is 35.3. The molecule has 0 amide bonds. The number of nitrogens with one attached hydrogen (secondary N) is 1. The standard InChI is InChI=1S/C14H15N5O2/c1-18-12-11(13(20)19(2)14(18)21)16-10(17-12)4-3-9-5-7-15-8-6-9/h5-8H,3-4H2,1-2H3,(H,16,17). The average molecular weight is 285 g/mol. The van der Waals surface area contributed by atoms with Gasteiger partial charge in [0.05, 0.1) is 0 Å². The second-order valence-corrected chi connectivity index (χ2v) is 4.94. The number of H-pyrrole nitrogens is 1. The molecule has 21 heavy (non-hydrogen) atoms. The molecule has 0 aliphatic heterocycles. The molecule has 3 rings (SSSR count). The predicted octanol–water partition coefficient (Wildman–Crippen LogP) is 0.140. The first-order valence-electron chi connectivity index (χ1n) is 6.61. The van der Waals surface area contributed by atoms with Gasteiger partial charge in [-0.2, -0.15) is 0 Å². The number of pyridine rings is 1. The second-order valence-electron chi connectivity index (χ2n) is 4.94. The number of aromatic nitrogens is 5. The van der Waals surface area contributed by atoms with Gasteiger partial charge in [0, 0.05) is 32.9 Å². The summed E-state index contributed by atoms with van der Waals surface area (Å²) < 4.78 is 2.45. The molecule has 0 aliphatic rings. The Morgan fingerprint density at radius 2 is 1.81 bits per heavy atom. The van der Waals surface area contributed by atoms with Crippen LogP contribution in [0.3, 0.4) is 0 Å². The number of aromatic amines is 1. The first kappa shape index (κ1) is 13.3. The molecule has 0 atom stereocenters. The van der Waals surface area contributed by atoms with Crippen molar-refractivity contribution >= 4 is 11.2 Å². The average Bonchev–Trinajstić information content (AvgIpc) is 2.94. The predicted molar refractivity (Wildman–Crippen MR) is 78.2 cm³/mol. The van der Waals surface area contributed by atoms with E-state index in [0.717, 1.165) is 16.6 Å². The zero-order valence-electron chi connectivity index (χ0n) is 11.8. The van der Waals surface area contributed by atoms with Crippen LogP contribution in [0.5, 0.6) is 0 Å². The molecule has 3 aromatic rings. The van der Waals surface area contributed by atoms with Crippen LogP contribution in [0.15, 0.2) is 34.1 Å². The van der Waals surface area contributed by atoms with Gasteiger partial charge < -0.3 is 4.98 Å². The fourth-order valence-electron chi connectivity index (χ4n) is 2.30. The first-order valence-corrected chi connectivity index (χ1v) is 6.61. The number of rotatable bonds is 3. The van der Waals surface area contributed by atoms with Gasteiger partial charge >= 0.3 is 5.69 Å². The normalized spacial score (nSPS) is 11.1. The summed E-state index contributed by atoms with van der Waals surface area (Å²) in [6.45, 7) is 0. The van der Waals surface area contributed by atoms with Crippen molar-refractivity contribution in [2.24, 2.45) is 14.1 Å². The second kappa shape index (κ2) is 5.01. The maximum absolute atomic E-state index is 12.1. The van der Waals surface area contributed by atoms with Crippen molar-refractivity contribution in [3.63, 3.8) is 0 Å². The maximum Gasteiger partial charge on any atom is 0.332 e. The Bertz CT molecular complexity index is 905. The third kappa shape index (κ3) is 2.26. The molecule has 0 saturated heterocycles. The van der Waals surface area contributed by atoms with E-state index in [1.807, 2.05) is 12.1 Å². The van der Waals surface area contributed by atoms with Gasteiger partial charge in [-0.05, 0) is 24.1 Å². The van der Waals surface area contributed by atoms with Gasteiger partial charge in [-0.3, -0.25) is 18.9 Å².